The average molecular weight is 214 g/mol. The van der Waals surface area contributed by atoms with Gasteiger partial charge in [-0.15, -0.1) is 0 Å². The fourth-order valence-electron chi connectivity index (χ4n) is 0.0772. The van der Waals surface area contributed by atoms with Crippen LogP contribution >= 0.6 is 31.9 Å². The second-order valence-corrected chi connectivity index (χ2v) is 2.39. The van der Waals surface area contributed by atoms with E-state index in [2.05, 4.69) is 38.8 Å². The standard InChI is InChI=1S/C4H6Br2/c1-2-4(6)3-5/h3H,2H2,1H3/b4-3-. The Hall–Kier alpha value is 0.700. The number of rotatable bonds is 1. The van der Waals surface area contributed by atoms with Crippen LogP contribution in [0.3, 0.4) is 0 Å². The van der Waals surface area contributed by atoms with E-state index in [4.69, 9.17) is 0 Å². The van der Waals surface area contributed by atoms with Crippen LogP contribution in [0.1, 0.15) is 13.3 Å². The van der Waals surface area contributed by atoms with Gasteiger partial charge in [-0.05, 0) is 11.4 Å². The second-order valence-electron chi connectivity index (χ2n) is 0.910. The highest BCUT2D eigenvalue weighted by Gasteiger charge is 1.77. The van der Waals surface area contributed by atoms with Crippen molar-refractivity contribution >= 4 is 31.9 Å². The van der Waals surface area contributed by atoms with Crippen LogP contribution in [0.4, 0.5) is 0 Å². The minimum atomic E-state index is 1.06. The number of hydrogen-bond acceptors (Lipinski definition) is 0. The van der Waals surface area contributed by atoms with Crippen LogP contribution in [0.5, 0.6) is 0 Å². The molecule has 0 rings (SSSR count). The van der Waals surface area contributed by atoms with Crippen molar-refractivity contribution in [3.05, 3.63) is 9.47 Å². The average Bonchev–Trinajstić information content (AvgIpc) is 1.65. The molecule has 0 bridgehead atoms. The summed E-state index contributed by atoms with van der Waals surface area (Å²) in [6.07, 6.45) is 1.06. The number of hydrogen-bond donors (Lipinski definition) is 0. The van der Waals surface area contributed by atoms with Gasteiger partial charge in [0.2, 0.25) is 0 Å². The van der Waals surface area contributed by atoms with Crippen LogP contribution in [0.25, 0.3) is 0 Å². The summed E-state index contributed by atoms with van der Waals surface area (Å²) in [5.74, 6) is 0. The third-order valence-corrected chi connectivity index (χ3v) is 2.41. The summed E-state index contributed by atoms with van der Waals surface area (Å²) in [4.78, 5) is 1.87. The first-order valence-corrected chi connectivity index (χ1v) is 3.47. The van der Waals surface area contributed by atoms with E-state index in [0.29, 0.717) is 0 Å². The van der Waals surface area contributed by atoms with Crippen LogP contribution in [-0.4, -0.2) is 0 Å². The predicted molar refractivity (Wildman–Crippen MR) is 36.2 cm³/mol. The van der Waals surface area contributed by atoms with Gasteiger partial charge in [-0.3, -0.25) is 0 Å². The number of halogens is 2. The maximum Gasteiger partial charge on any atom is 0.00170 e. The van der Waals surface area contributed by atoms with Crippen molar-refractivity contribution in [1.82, 2.24) is 0 Å². The Bertz CT molecular complexity index is 56.6. The summed E-state index contributed by atoms with van der Waals surface area (Å²) in [5.41, 5.74) is 0. The third-order valence-electron chi connectivity index (χ3n) is 0.456. The minimum Gasteiger partial charge on any atom is -0.0608 e. The van der Waals surface area contributed by atoms with Gasteiger partial charge in [-0.1, -0.05) is 38.8 Å². The quantitative estimate of drug-likeness (QED) is 0.629. The van der Waals surface area contributed by atoms with E-state index in [1.54, 1.807) is 0 Å². The predicted octanol–water partition coefficient (Wildman–Crippen LogP) is 3.03. The molecule has 36 valence electrons. The van der Waals surface area contributed by atoms with Gasteiger partial charge in [0.05, 0.1) is 0 Å². The van der Waals surface area contributed by atoms with Crippen molar-refractivity contribution in [2.24, 2.45) is 0 Å². The third kappa shape index (κ3) is 2.91. The van der Waals surface area contributed by atoms with Crippen molar-refractivity contribution in [3.63, 3.8) is 0 Å². The molecule has 0 aromatic heterocycles. The van der Waals surface area contributed by atoms with Gasteiger partial charge in [0.25, 0.3) is 0 Å². The fraction of sp³-hybridized carbons (Fsp3) is 0.500. The summed E-state index contributed by atoms with van der Waals surface area (Å²) in [6, 6.07) is 0. The van der Waals surface area contributed by atoms with Gasteiger partial charge in [0, 0.05) is 4.48 Å². The summed E-state index contributed by atoms with van der Waals surface area (Å²) in [5, 5.41) is 0. The summed E-state index contributed by atoms with van der Waals surface area (Å²) in [6.45, 7) is 2.09. The second kappa shape index (κ2) is 3.88. The van der Waals surface area contributed by atoms with E-state index in [1.165, 1.54) is 4.48 Å². The zero-order chi connectivity index (χ0) is 4.99. The first kappa shape index (κ1) is 6.70. The molecule has 0 aliphatic carbocycles. The molecule has 0 aromatic carbocycles. The molecule has 2 heteroatoms. The molecule has 6 heavy (non-hydrogen) atoms. The highest BCUT2D eigenvalue weighted by molar-refractivity contribution is 9.14. The van der Waals surface area contributed by atoms with Crippen LogP contribution < -0.4 is 0 Å². The van der Waals surface area contributed by atoms with Gasteiger partial charge in [-0.25, -0.2) is 0 Å². The summed E-state index contributed by atoms with van der Waals surface area (Å²) < 4.78 is 1.20. The van der Waals surface area contributed by atoms with Gasteiger partial charge in [0.15, 0.2) is 0 Å². The normalized spacial score (nSPS) is 12.2. The molecule has 0 amide bonds. The Kier molecular flexibility index (Phi) is 4.33. The van der Waals surface area contributed by atoms with Crippen LogP contribution in [0.15, 0.2) is 9.47 Å². The zero-order valence-electron chi connectivity index (χ0n) is 3.54. The Labute approximate surface area is 54.9 Å². The van der Waals surface area contributed by atoms with E-state index in [1.807, 2.05) is 4.99 Å². The van der Waals surface area contributed by atoms with E-state index >= 15 is 0 Å². The zero-order valence-corrected chi connectivity index (χ0v) is 6.71. The molecular formula is C4H6Br2. The van der Waals surface area contributed by atoms with Crippen molar-refractivity contribution in [3.8, 4) is 0 Å². The molecule has 0 saturated carbocycles. The maximum atomic E-state index is 3.29. The van der Waals surface area contributed by atoms with Crippen LogP contribution in [-0.2, 0) is 0 Å². The highest BCUT2D eigenvalue weighted by Crippen LogP contribution is 2.10. The molecule has 0 fully saturated rings. The highest BCUT2D eigenvalue weighted by atomic mass is 79.9. The van der Waals surface area contributed by atoms with Gasteiger partial charge in [0.1, 0.15) is 0 Å². The molecule has 0 unspecified atom stereocenters. The Balaban J connectivity index is 3.22. The fourth-order valence-corrected chi connectivity index (χ4v) is 0.401. The summed E-state index contributed by atoms with van der Waals surface area (Å²) in [7, 11) is 0. The molecule has 0 nitrogen and oxygen atoms in total. The van der Waals surface area contributed by atoms with Crippen molar-refractivity contribution in [1.29, 1.82) is 0 Å². The molecule has 0 radical (unpaired) electrons. The van der Waals surface area contributed by atoms with Gasteiger partial charge >= 0.3 is 0 Å². The lowest BCUT2D eigenvalue weighted by atomic mass is 10.5. The Morgan fingerprint density at radius 3 is 2.33 bits per heavy atom. The molecule has 0 aliphatic rings. The maximum absolute atomic E-state index is 3.29. The van der Waals surface area contributed by atoms with Gasteiger partial charge in [-0.2, -0.15) is 0 Å². The van der Waals surface area contributed by atoms with Crippen LogP contribution in [0.2, 0.25) is 0 Å². The van der Waals surface area contributed by atoms with E-state index < -0.39 is 0 Å². The Morgan fingerprint density at radius 1 is 1.83 bits per heavy atom. The molecule has 0 aliphatic heterocycles. The van der Waals surface area contributed by atoms with E-state index in [9.17, 15) is 0 Å². The molecule has 0 atom stereocenters. The minimum absolute atomic E-state index is 1.06. The lowest BCUT2D eigenvalue weighted by molar-refractivity contribution is 1.21. The van der Waals surface area contributed by atoms with Crippen molar-refractivity contribution in [2.75, 3.05) is 0 Å². The molecule has 0 aromatic rings. The van der Waals surface area contributed by atoms with Crippen molar-refractivity contribution in [2.45, 2.75) is 13.3 Å². The van der Waals surface area contributed by atoms with E-state index in [-0.39, 0.29) is 0 Å². The molecule has 0 heterocycles. The first-order chi connectivity index (χ1) is 2.81. The molecule has 0 N–H and O–H groups in total. The lowest BCUT2D eigenvalue weighted by Crippen LogP contribution is -1.55. The smallest absolute Gasteiger partial charge is 0.00170 e. The molecule has 0 spiro atoms. The van der Waals surface area contributed by atoms with Gasteiger partial charge < -0.3 is 0 Å². The lowest BCUT2D eigenvalue weighted by Gasteiger charge is -1.80. The number of allylic oxidation sites excluding steroid dienone is 1. The molecular weight excluding hydrogens is 208 g/mol. The van der Waals surface area contributed by atoms with Crippen LogP contribution in [0, 0.1) is 0 Å². The topological polar surface area (TPSA) is 0 Å². The Morgan fingerprint density at radius 2 is 2.33 bits per heavy atom. The van der Waals surface area contributed by atoms with E-state index in [0.717, 1.165) is 6.42 Å². The monoisotopic (exact) mass is 212 g/mol. The molecule has 0 saturated heterocycles. The summed E-state index contributed by atoms with van der Waals surface area (Å²) >= 11 is 6.46. The first-order valence-electron chi connectivity index (χ1n) is 1.76. The SMILES string of the molecule is CC/C(Br)=C/Br. The van der Waals surface area contributed by atoms with Crippen molar-refractivity contribution < 1.29 is 0 Å². The largest absolute Gasteiger partial charge is 0.0608 e.